The van der Waals surface area contributed by atoms with Gasteiger partial charge in [-0.3, -0.25) is 4.79 Å². The van der Waals surface area contributed by atoms with Crippen molar-refractivity contribution in [3.8, 4) is 0 Å². The summed E-state index contributed by atoms with van der Waals surface area (Å²) in [7, 11) is 0. The van der Waals surface area contributed by atoms with E-state index in [1.807, 2.05) is 6.92 Å². The molecular formula is C15H22N4O4. The van der Waals surface area contributed by atoms with Gasteiger partial charge in [-0.05, 0) is 25.7 Å². The molecule has 1 spiro atoms. The highest BCUT2D eigenvalue weighted by Gasteiger charge is 2.47. The number of hydrogen-bond donors (Lipinski definition) is 1. The number of likely N-dealkylation sites (tertiary alicyclic amines) is 1. The molecule has 2 aliphatic rings. The number of carbonyl (C=O) groups excluding carboxylic acids is 2. The molecule has 2 saturated heterocycles. The van der Waals surface area contributed by atoms with Crippen LogP contribution in [-0.2, 0) is 9.53 Å². The number of piperidine rings is 1. The minimum atomic E-state index is -0.369. The zero-order chi connectivity index (χ0) is 16.4. The topological polar surface area (TPSA) is 97.6 Å². The summed E-state index contributed by atoms with van der Waals surface area (Å²) in [6.45, 7) is 5.29. The minimum Gasteiger partial charge on any atom is -0.465 e. The third-order valence-electron chi connectivity index (χ3n) is 4.82. The van der Waals surface area contributed by atoms with Crippen LogP contribution in [0.1, 0.15) is 50.4 Å². The fourth-order valence-corrected chi connectivity index (χ4v) is 3.23. The molecule has 23 heavy (non-hydrogen) atoms. The molecule has 3 rings (SSSR count). The maximum absolute atomic E-state index is 12.4. The van der Waals surface area contributed by atoms with Gasteiger partial charge in [-0.25, -0.2) is 4.79 Å². The lowest BCUT2D eigenvalue weighted by atomic mass is 9.77. The largest absolute Gasteiger partial charge is 0.465 e. The number of carbonyl (C=O) groups is 2. The van der Waals surface area contributed by atoms with Crippen molar-refractivity contribution in [2.45, 2.75) is 45.6 Å². The van der Waals surface area contributed by atoms with E-state index in [0.717, 1.165) is 6.42 Å². The average Bonchev–Trinajstić information content (AvgIpc) is 3.13. The van der Waals surface area contributed by atoms with E-state index in [0.29, 0.717) is 50.7 Å². The van der Waals surface area contributed by atoms with Crippen LogP contribution in [0.4, 0.5) is 4.79 Å². The van der Waals surface area contributed by atoms with Crippen molar-refractivity contribution >= 4 is 12.0 Å². The Morgan fingerprint density at radius 3 is 2.65 bits per heavy atom. The summed E-state index contributed by atoms with van der Waals surface area (Å²) in [5.74, 6) is 0.866. The predicted molar refractivity (Wildman–Crippen MR) is 79.4 cm³/mol. The Bertz CT molecular complexity index is 592. The van der Waals surface area contributed by atoms with E-state index in [1.54, 1.807) is 11.8 Å². The molecule has 8 nitrogen and oxygen atoms in total. The standard InChI is InChI=1S/C15H22N4O4/c1-3-11(12-16-10(2)23-18-12)17-14(21)19-7-4-15(5-8-19)6-9-22-13(15)20/h11H,3-9H2,1-2H3,(H,17,21). The number of nitrogens with zero attached hydrogens (tertiary/aromatic N) is 3. The minimum absolute atomic E-state index is 0.105. The van der Waals surface area contributed by atoms with Gasteiger partial charge in [0, 0.05) is 20.0 Å². The van der Waals surface area contributed by atoms with E-state index in [4.69, 9.17) is 9.26 Å². The number of hydrogen-bond acceptors (Lipinski definition) is 6. The summed E-state index contributed by atoms with van der Waals surface area (Å²) in [5, 5.41) is 6.81. The molecule has 1 aromatic heterocycles. The van der Waals surface area contributed by atoms with Crippen molar-refractivity contribution in [1.29, 1.82) is 0 Å². The van der Waals surface area contributed by atoms with Gasteiger partial charge < -0.3 is 19.5 Å². The molecule has 1 unspecified atom stereocenters. The highest BCUT2D eigenvalue weighted by Crippen LogP contribution is 2.40. The zero-order valence-electron chi connectivity index (χ0n) is 13.5. The molecule has 2 fully saturated rings. The molecule has 2 aliphatic heterocycles. The van der Waals surface area contributed by atoms with Crippen molar-refractivity contribution in [3.63, 3.8) is 0 Å². The smallest absolute Gasteiger partial charge is 0.317 e. The first kappa shape index (κ1) is 15.8. The van der Waals surface area contributed by atoms with Gasteiger partial charge in [0.05, 0.1) is 18.1 Å². The number of rotatable bonds is 3. The Labute approximate surface area is 134 Å². The van der Waals surface area contributed by atoms with E-state index < -0.39 is 0 Å². The monoisotopic (exact) mass is 322 g/mol. The number of amides is 2. The van der Waals surface area contributed by atoms with Crippen LogP contribution in [0.25, 0.3) is 0 Å². The molecule has 0 bridgehead atoms. The maximum Gasteiger partial charge on any atom is 0.317 e. The molecule has 0 saturated carbocycles. The highest BCUT2D eigenvalue weighted by molar-refractivity contribution is 5.80. The van der Waals surface area contributed by atoms with Crippen molar-refractivity contribution < 1.29 is 18.8 Å². The molecule has 1 N–H and O–H groups in total. The first-order valence-corrected chi connectivity index (χ1v) is 8.07. The predicted octanol–water partition coefficient (Wildman–Crippen LogP) is 1.57. The number of ether oxygens (including phenoxy) is 1. The van der Waals surface area contributed by atoms with Crippen LogP contribution in [0.2, 0.25) is 0 Å². The van der Waals surface area contributed by atoms with Gasteiger partial charge >= 0.3 is 12.0 Å². The third kappa shape index (κ3) is 3.02. The lowest BCUT2D eigenvalue weighted by Crippen LogP contribution is -2.49. The number of aryl methyl sites for hydroxylation is 1. The van der Waals surface area contributed by atoms with E-state index in [9.17, 15) is 9.59 Å². The van der Waals surface area contributed by atoms with E-state index in [-0.39, 0.29) is 23.5 Å². The number of cyclic esters (lactones) is 1. The van der Waals surface area contributed by atoms with Gasteiger partial charge in [0.2, 0.25) is 5.89 Å². The first-order chi connectivity index (χ1) is 11.0. The van der Waals surface area contributed by atoms with E-state index in [2.05, 4.69) is 15.5 Å². The number of esters is 1. The van der Waals surface area contributed by atoms with Gasteiger partial charge in [0.25, 0.3) is 0 Å². The van der Waals surface area contributed by atoms with Crippen molar-refractivity contribution in [1.82, 2.24) is 20.4 Å². The van der Waals surface area contributed by atoms with Gasteiger partial charge in [0.1, 0.15) is 0 Å². The Kier molecular flexibility index (Phi) is 4.23. The van der Waals surface area contributed by atoms with Crippen molar-refractivity contribution in [3.05, 3.63) is 11.7 Å². The SMILES string of the molecule is CCC(NC(=O)N1CCC2(CCOC2=O)CC1)c1noc(C)n1. The highest BCUT2D eigenvalue weighted by atomic mass is 16.5. The Balaban J connectivity index is 1.58. The quantitative estimate of drug-likeness (QED) is 0.848. The second-order valence-electron chi connectivity index (χ2n) is 6.24. The summed E-state index contributed by atoms with van der Waals surface area (Å²) >= 11 is 0. The Morgan fingerprint density at radius 1 is 1.39 bits per heavy atom. The fourth-order valence-electron chi connectivity index (χ4n) is 3.23. The summed E-state index contributed by atoms with van der Waals surface area (Å²) in [5.41, 5.74) is -0.369. The van der Waals surface area contributed by atoms with Crippen LogP contribution in [0.15, 0.2) is 4.52 Å². The van der Waals surface area contributed by atoms with Crippen molar-refractivity contribution in [2.24, 2.45) is 5.41 Å². The van der Waals surface area contributed by atoms with Crippen LogP contribution in [0, 0.1) is 12.3 Å². The second kappa shape index (κ2) is 6.17. The molecule has 1 aromatic rings. The third-order valence-corrected chi connectivity index (χ3v) is 4.82. The summed E-state index contributed by atoms with van der Waals surface area (Å²) < 4.78 is 10.1. The second-order valence-corrected chi connectivity index (χ2v) is 6.24. The van der Waals surface area contributed by atoms with Gasteiger partial charge in [-0.2, -0.15) is 4.98 Å². The number of urea groups is 1. The van der Waals surface area contributed by atoms with Gasteiger partial charge in [-0.15, -0.1) is 0 Å². The molecule has 8 heteroatoms. The average molecular weight is 322 g/mol. The Morgan fingerprint density at radius 2 is 2.13 bits per heavy atom. The molecule has 0 radical (unpaired) electrons. The molecule has 1 atom stereocenters. The number of aromatic nitrogens is 2. The Hall–Kier alpha value is -2.12. The van der Waals surface area contributed by atoms with Gasteiger partial charge in [0.15, 0.2) is 5.82 Å². The van der Waals surface area contributed by atoms with Crippen LogP contribution < -0.4 is 5.32 Å². The van der Waals surface area contributed by atoms with E-state index >= 15 is 0 Å². The van der Waals surface area contributed by atoms with Crippen LogP contribution in [0.3, 0.4) is 0 Å². The summed E-state index contributed by atoms with van der Waals surface area (Å²) in [4.78, 5) is 30.2. The van der Waals surface area contributed by atoms with Crippen molar-refractivity contribution in [2.75, 3.05) is 19.7 Å². The molecule has 126 valence electrons. The van der Waals surface area contributed by atoms with Crippen LogP contribution in [0.5, 0.6) is 0 Å². The molecule has 2 amide bonds. The number of nitrogens with one attached hydrogen (secondary N) is 1. The molecule has 0 aromatic carbocycles. The molecule has 0 aliphatic carbocycles. The maximum atomic E-state index is 12.4. The lowest BCUT2D eigenvalue weighted by Gasteiger charge is -2.36. The lowest BCUT2D eigenvalue weighted by molar-refractivity contribution is -0.148. The van der Waals surface area contributed by atoms with Crippen LogP contribution >= 0.6 is 0 Å². The first-order valence-electron chi connectivity index (χ1n) is 8.07. The normalized spacial score (nSPS) is 21.3. The zero-order valence-corrected chi connectivity index (χ0v) is 13.5. The molecular weight excluding hydrogens is 300 g/mol. The molecule has 3 heterocycles. The summed E-state index contributed by atoms with van der Waals surface area (Å²) in [6, 6.07) is -0.423. The summed E-state index contributed by atoms with van der Waals surface area (Å²) in [6.07, 6.45) is 2.77. The van der Waals surface area contributed by atoms with Gasteiger partial charge in [-0.1, -0.05) is 12.1 Å². The van der Waals surface area contributed by atoms with Crippen LogP contribution in [-0.4, -0.2) is 46.7 Å². The fraction of sp³-hybridized carbons (Fsp3) is 0.733. The van der Waals surface area contributed by atoms with E-state index in [1.165, 1.54) is 0 Å².